The van der Waals surface area contributed by atoms with E-state index in [0.29, 0.717) is 25.9 Å². The van der Waals surface area contributed by atoms with Crippen LogP contribution in [0.2, 0.25) is 0 Å². The minimum absolute atomic E-state index is 0.125. The second-order valence-corrected chi connectivity index (χ2v) is 5.20. The second kappa shape index (κ2) is 5.00. The molecular formula is C13H20N2O3. The smallest absolute Gasteiger partial charge is 0.317 e. The maximum absolute atomic E-state index is 12.0. The molecule has 1 aliphatic heterocycles. The van der Waals surface area contributed by atoms with Gasteiger partial charge >= 0.3 is 12.0 Å². The van der Waals surface area contributed by atoms with E-state index in [9.17, 15) is 14.7 Å². The summed E-state index contributed by atoms with van der Waals surface area (Å²) in [5.41, 5.74) is -0.745. The summed E-state index contributed by atoms with van der Waals surface area (Å²) >= 11 is 0. The highest BCUT2D eigenvalue weighted by molar-refractivity contribution is 5.79. The zero-order valence-electron chi connectivity index (χ0n) is 10.7. The summed E-state index contributed by atoms with van der Waals surface area (Å²) in [4.78, 5) is 25.0. The summed E-state index contributed by atoms with van der Waals surface area (Å²) in [6, 6.07) is 0.0548. The van der Waals surface area contributed by atoms with E-state index < -0.39 is 11.4 Å². The van der Waals surface area contributed by atoms with Gasteiger partial charge in [-0.15, -0.1) is 0 Å². The summed E-state index contributed by atoms with van der Waals surface area (Å²) in [6.45, 7) is 2.73. The number of aliphatic carboxylic acids is 1. The molecule has 1 aliphatic carbocycles. The van der Waals surface area contributed by atoms with Crippen LogP contribution < -0.4 is 5.32 Å². The fraction of sp³-hybridized carbons (Fsp3) is 0.692. The van der Waals surface area contributed by atoms with E-state index >= 15 is 0 Å². The van der Waals surface area contributed by atoms with Crippen molar-refractivity contribution in [2.45, 2.75) is 38.6 Å². The Bertz CT molecular complexity index is 372. The number of carboxylic acid groups (broad SMARTS) is 1. The molecule has 0 bridgehead atoms. The quantitative estimate of drug-likeness (QED) is 0.750. The number of likely N-dealkylation sites (tertiary alicyclic amines) is 1. The van der Waals surface area contributed by atoms with Gasteiger partial charge in [-0.2, -0.15) is 0 Å². The Balaban J connectivity index is 1.91. The largest absolute Gasteiger partial charge is 0.481 e. The summed E-state index contributed by atoms with van der Waals surface area (Å²) < 4.78 is 0. The first-order valence-corrected chi connectivity index (χ1v) is 6.51. The first kappa shape index (κ1) is 12.9. The second-order valence-electron chi connectivity index (χ2n) is 5.20. The molecule has 2 N–H and O–H groups in total. The average molecular weight is 252 g/mol. The minimum atomic E-state index is -0.789. The van der Waals surface area contributed by atoms with Crippen molar-refractivity contribution in [1.29, 1.82) is 0 Å². The Morgan fingerprint density at radius 3 is 2.61 bits per heavy atom. The molecule has 5 heteroatoms. The molecule has 0 radical (unpaired) electrons. The van der Waals surface area contributed by atoms with Crippen LogP contribution in [0.25, 0.3) is 0 Å². The third-order valence-corrected chi connectivity index (χ3v) is 4.11. The number of rotatable bonds is 3. The number of urea groups is 1. The Kier molecular flexibility index (Phi) is 3.59. The van der Waals surface area contributed by atoms with Gasteiger partial charge in [0.25, 0.3) is 0 Å². The fourth-order valence-corrected chi connectivity index (χ4v) is 2.66. The highest BCUT2D eigenvalue weighted by Crippen LogP contribution is 2.34. The van der Waals surface area contributed by atoms with E-state index in [1.165, 1.54) is 0 Å². The normalized spacial score (nSPS) is 27.7. The van der Waals surface area contributed by atoms with Crippen LogP contribution in [0.5, 0.6) is 0 Å². The van der Waals surface area contributed by atoms with Crippen LogP contribution in [0.1, 0.15) is 32.6 Å². The van der Waals surface area contributed by atoms with Crippen LogP contribution in [0.15, 0.2) is 12.2 Å². The van der Waals surface area contributed by atoms with Gasteiger partial charge in [-0.3, -0.25) is 4.79 Å². The van der Waals surface area contributed by atoms with Crippen LogP contribution in [0.4, 0.5) is 4.79 Å². The third kappa shape index (κ3) is 2.35. The van der Waals surface area contributed by atoms with Crippen LogP contribution in [0, 0.1) is 5.41 Å². The topological polar surface area (TPSA) is 69.6 Å². The molecule has 0 saturated carbocycles. The number of hydrogen-bond acceptors (Lipinski definition) is 2. The van der Waals surface area contributed by atoms with Crippen LogP contribution >= 0.6 is 0 Å². The van der Waals surface area contributed by atoms with Crippen molar-refractivity contribution in [1.82, 2.24) is 10.2 Å². The Morgan fingerprint density at radius 1 is 1.44 bits per heavy atom. The maximum Gasteiger partial charge on any atom is 0.317 e. The van der Waals surface area contributed by atoms with Crippen molar-refractivity contribution in [3.05, 3.63) is 12.2 Å². The van der Waals surface area contributed by atoms with Crippen molar-refractivity contribution < 1.29 is 14.7 Å². The van der Waals surface area contributed by atoms with E-state index in [0.717, 1.165) is 12.8 Å². The van der Waals surface area contributed by atoms with Gasteiger partial charge in [-0.05, 0) is 25.7 Å². The van der Waals surface area contributed by atoms with Crippen LogP contribution in [0.3, 0.4) is 0 Å². The predicted octanol–water partition coefficient (Wildman–Crippen LogP) is 1.60. The number of carbonyl (C=O) groups is 2. The van der Waals surface area contributed by atoms with Crippen molar-refractivity contribution in [3.63, 3.8) is 0 Å². The number of carboxylic acids is 1. The third-order valence-electron chi connectivity index (χ3n) is 4.11. The molecule has 1 heterocycles. The molecule has 0 aromatic carbocycles. The number of amides is 2. The Morgan fingerprint density at radius 2 is 2.11 bits per heavy atom. The Hall–Kier alpha value is -1.52. The van der Waals surface area contributed by atoms with Gasteiger partial charge in [0.2, 0.25) is 0 Å². The molecule has 2 rings (SSSR count). The van der Waals surface area contributed by atoms with Gasteiger partial charge in [-0.25, -0.2) is 4.79 Å². The van der Waals surface area contributed by atoms with Gasteiger partial charge in [0.15, 0.2) is 0 Å². The molecule has 18 heavy (non-hydrogen) atoms. The molecule has 5 nitrogen and oxygen atoms in total. The van der Waals surface area contributed by atoms with Crippen LogP contribution in [-0.4, -0.2) is 41.1 Å². The van der Waals surface area contributed by atoms with Crippen LogP contribution in [-0.2, 0) is 4.79 Å². The highest BCUT2D eigenvalue weighted by Gasteiger charge is 2.44. The molecule has 1 fully saturated rings. The van der Waals surface area contributed by atoms with Crippen molar-refractivity contribution >= 4 is 12.0 Å². The molecular weight excluding hydrogens is 232 g/mol. The van der Waals surface area contributed by atoms with Gasteiger partial charge in [-0.1, -0.05) is 19.1 Å². The lowest BCUT2D eigenvalue weighted by atomic mass is 9.84. The van der Waals surface area contributed by atoms with E-state index in [-0.39, 0.29) is 12.1 Å². The number of hydrogen-bond donors (Lipinski definition) is 2. The number of nitrogens with one attached hydrogen (secondary N) is 1. The van der Waals surface area contributed by atoms with Crippen molar-refractivity contribution in [2.75, 3.05) is 13.1 Å². The van der Waals surface area contributed by atoms with E-state index in [4.69, 9.17) is 0 Å². The van der Waals surface area contributed by atoms with Crippen molar-refractivity contribution in [3.8, 4) is 0 Å². The van der Waals surface area contributed by atoms with E-state index in [2.05, 4.69) is 17.5 Å². The molecule has 0 spiro atoms. The monoisotopic (exact) mass is 252 g/mol. The highest BCUT2D eigenvalue weighted by atomic mass is 16.4. The molecule has 1 unspecified atom stereocenters. The SMILES string of the molecule is CCC1(C(=O)O)CCN(C(=O)NC2CC=CC2)C1. The lowest BCUT2D eigenvalue weighted by Crippen LogP contribution is -2.44. The molecule has 1 saturated heterocycles. The lowest BCUT2D eigenvalue weighted by Gasteiger charge is -2.24. The molecule has 2 aliphatic rings. The number of nitrogens with zero attached hydrogens (tertiary/aromatic N) is 1. The molecule has 0 aromatic heterocycles. The van der Waals surface area contributed by atoms with Gasteiger partial charge < -0.3 is 15.3 Å². The molecule has 2 amide bonds. The maximum atomic E-state index is 12.0. The van der Waals surface area contributed by atoms with Gasteiger partial charge in [0.05, 0.1) is 5.41 Å². The van der Waals surface area contributed by atoms with Crippen molar-refractivity contribution in [2.24, 2.45) is 5.41 Å². The van der Waals surface area contributed by atoms with Gasteiger partial charge in [0, 0.05) is 19.1 Å². The van der Waals surface area contributed by atoms with E-state index in [1.807, 2.05) is 6.92 Å². The molecule has 1 atom stereocenters. The lowest BCUT2D eigenvalue weighted by molar-refractivity contribution is -0.148. The summed E-state index contributed by atoms with van der Waals surface area (Å²) in [5, 5.41) is 12.2. The summed E-state index contributed by atoms with van der Waals surface area (Å²) in [5.74, 6) is -0.789. The fourth-order valence-electron chi connectivity index (χ4n) is 2.66. The molecule has 100 valence electrons. The zero-order chi connectivity index (χ0) is 13.2. The summed E-state index contributed by atoms with van der Waals surface area (Å²) in [7, 11) is 0. The zero-order valence-corrected chi connectivity index (χ0v) is 10.7. The van der Waals surface area contributed by atoms with Gasteiger partial charge in [0.1, 0.15) is 0 Å². The minimum Gasteiger partial charge on any atom is -0.481 e. The molecule has 0 aromatic rings. The predicted molar refractivity (Wildman–Crippen MR) is 67.2 cm³/mol. The standard InChI is InChI=1S/C13H20N2O3/c1-2-13(11(16)17)7-8-15(9-13)12(18)14-10-5-3-4-6-10/h3-4,10H,2,5-9H2,1H3,(H,14,18)(H,16,17). The first-order chi connectivity index (χ1) is 8.57. The first-order valence-electron chi connectivity index (χ1n) is 6.51. The van der Waals surface area contributed by atoms with E-state index in [1.54, 1.807) is 4.90 Å². The summed E-state index contributed by atoms with van der Waals surface area (Å²) in [6.07, 6.45) is 6.98. The Labute approximate surface area is 107 Å². The number of carbonyl (C=O) groups excluding carboxylic acids is 1. The average Bonchev–Trinajstić information content (AvgIpc) is 2.97.